The van der Waals surface area contributed by atoms with Crippen LogP contribution in [0.15, 0.2) is 205 Å². The minimum atomic E-state index is 0.595. The number of nitrogens with zero attached hydrogens (tertiary/aromatic N) is 3. The maximum Gasteiger partial charge on any atom is 0.164 e. The number of benzene rings is 8. The van der Waals surface area contributed by atoms with Gasteiger partial charge in [-0.1, -0.05) is 182 Å². The fraction of sp³-hybridized carbons (Fsp3) is 0. The van der Waals surface area contributed by atoms with Crippen LogP contribution in [-0.4, -0.2) is 15.0 Å². The number of furan rings is 1. The molecule has 0 atom stereocenters. The Balaban J connectivity index is 1.15. The Hall–Kier alpha value is -7.43. The van der Waals surface area contributed by atoms with E-state index in [1.807, 2.05) is 72.8 Å². The van der Waals surface area contributed by atoms with E-state index < -0.39 is 0 Å². The van der Waals surface area contributed by atoms with E-state index in [1.54, 1.807) is 0 Å². The number of aromatic nitrogens is 3. The molecule has 8 aromatic carbocycles. The van der Waals surface area contributed by atoms with Gasteiger partial charge in [0.05, 0.1) is 0 Å². The lowest BCUT2D eigenvalue weighted by molar-refractivity contribution is 0.669. The molecule has 0 N–H and O–H groups in total. The molecule has 0 aliphatic rings. The maximum atomic E-state index is 6.52. The van der Waals surface area contributed by atoms with Crippen molar-refractivity contribution < 1.29 is 4.42 Å². The zero-order valence-electron chi connectivity index (χ0n) is 29.8. The summed E-state index contributed by atoms with van der Waals surface area (Å²) in [6.07, 6.45) is 0. The van der Waals surface area contributed by atoms with Crippen LogP contribution in [0.3, 0.4) is 0 Å². The van der Waals surface area contributed by atoms with E-state index >= 15 is 0 Å². The SMILES string of the molecule is c1ccc(-c2ccc(-c3cccc(-c4ccc5oc6cccc(-c7nc(-c8ccccc8)nc(-c8ccccc8)n7)c6c5c4)c3-c3ccccc3)cc2)cc1. The van der Waals surface area contributed by atoms with E-state index in [9.17, 15) is 0 Å². The second-order valence-electron chi connectivity index (χ2n) is 13.6. The van der Waals surface area contributed by atoms with Crippen LogP contribution < -0.4 is 0 Å². The van der Waals surface area contributed by atoms with Crippen molar-refractivity contribution in [3.05, 3.63) is 200 Å². The van der Waals surface area contributed by atoms with Gasteiger partial charge in [-0.25, -0.2) is 15.0 Å². The Labute approximate surface area is 319 Å². The zero-order valence-corrected chi connectivity index (χ0v) is 29.8. The third-order valence-corrected chi connectivity index (χ3v) is 10.2. The summed E-state index contributed by atoms with van der Waals surface area (Å²) in [7, 11) is 0. The molecular formula is C51H33N3O. The smallest absolute Gasteiger partial charge is 0.164 e. The molecule has 10 rings (SSSR count). The summed E-state index contributed by atoms with van der Waals surface area (Å²) in [6.45, 7) is 0. The van der Waals surface area contributed by atoms with Gasteiger partial charge >= 0.3 is 0 Å². The Morgan fingerprint density at radius 1 is 0.291 bits per heavy atom. The van der Waals surface area contributed by atoms with Gasteiger partial charge < -0.3 is 4.42 Å². The van der Waals surface area contributed by atoms with Crippen LogP contribution in [0.1, 0.15) is 0 Å². The molecule has 0 unspecified atom stereocenters. The lowest BCUT2D eigenvalue weighted by atomic mass is 9.87. The molecule has 4 heteroatoms. The van der Waals surface area contributed by atoms with Crippen LogP contribution in [0.25, 0.3) is 101 Å². The highest BCUT2D eigenvalue weighted by atomic mass is 16.3. The predicted molar refractivity (Wildman–Crippen MR) is 225 cm³/mol. The van der Waals surface area contributed by atoms with E-state index in [2.05, 4.69) is 127 Å². The summed E-state index contributed by atoms with van der Waals surface area (Å²) in [5.41, 5.74) is 13.6. The van der Waals surface area contributed by atoms with Gasteiger partial charge in [0.25, 0.3) is 0 Å². The Morgan fingerprint density at radius 3 is 1.36 bits per heavy atom. The summed E-state index contributed by atoms with van der Waals surface area (Å²) in [4.78, 5) is 15.1. The summed E-state index contributed by atoms with van der Waals surface area (Å²) in [5, 5.41) is 1.97. The number of hydrogen-bond donors (Lipinski definition) is 0. The largest absolute Gasteiger partial charge is 0.456 e. The second-order valence-corrected chi connectivity index (χ2v) is 13.6. The van der Waals surface area contributed by atoms with Gasteiger partial charge in [-0.15, -0.1) is 0 Å². The average molecular weight is 704 g/mol. The Kier molecular flexibility index (Phi) is 8.12. The average Bonchev–Trinajstić information content (AvgIpc) is 3.65. The van der Waals surface area contributed by atoms with E-state index in [1.165, 1.54) is 22.3 Å². The molecule has 0 amide bonds. The van der Waals surface area contributed by atoms with Gasteiger partial charge in [0.1, 0.15) is 11.2 Å². The van der Waals surface area contributed by atoms with E-state index in [4.69, 9.17) is 19.4 Å². The highest BCUT2D eigenvalue weighted by molar-refractivity contribution is 6.13. The standard InChI is InChI=1S/C51H33N3O/c1-5-15-34(16-6-1)35-27-29-36(30-28-35)41-23-13-24-42(47(41)37-17-7-2-8-18-37)40-31-32-45-44(33-40)48-43(25-14-26-46(48)55-45)51-53-49(38-19-9-3-10-20-38)52-50(54-51)39-21-11-4-12-22-39/h1-33H. The first-order chi connectivity index (χ1) is 27.3. The third-order valence-electron chi connectivity index (χ3n) is 10.2. The van der Waals surface area contributed by atoms with Gasteiger partial charge in [-0.05, 0) is 62.7 Å². The lowest BCUT2D eigenvalue weighted by Gasteiger charge is -2.17. The molecule has 0 spiro atoms. The Morgan fingerprint density at radius 2 is 0.745 bits per heavy atom. The third kappa shape index (κ3) is 6.06. The van der Waals surface area contributed by atoms with Crippen molar-refractivity contribution in [2.75, 3.05) is 0 Å². The lowest BCUT2D eigenvalue weighted by Crippen LogP contribution is -2.00. The van der Waals surface area contributed by atoms with Crippen LogP contribution >= 0.6 is 0 Å². The van der Waals surface area contributed by atoms with Gasteiger partial charge in [0.15, 0.2) is 17.5 Å². The van der Waals surface area contributed by atoms with Crippen molar-refractivity contribution in [3.63, 3.8) is 0 Å². The van der Waals surface area contributed by atoms with Crippen LogP contribution in [0, 0.1) is 0 Å². The van der Waals surface area contributed by atoms with Crippen molar-refractivity contribution in [2.24, 2.45) is 0 Å². The molecule has 4 nitrogen and oxygen atoms in total. The van der Waals surface area contributed by atoms with E-state index in [0.29, 0.717) is 17.5 Å². The van der Waals surface area contributed by atoms with Gasteiger partial charge in [-0.2, -0.15) is 0 Å². The minimum absolute atomic E-state index is 0.595. The summed E-state index contributed by atoms with van der Waals surface area (Å²) in [6, 6.07) is 69.4. The molecule has 0 radical (unpaired) electrons. The van der Waals surface area contributed by atoms with Crippen molar-refractivity contribution in [1.29, 1.82) is 0 Å². The van der Waals surface area contributed by atoms with Crippen molar-refractivity contribution in [3.8, 4) is 78.7 Å². The van der Waals surface area contributed by atoms with Crippen LogP contribution in [-0.2, 0) is 0 Å². The summed E-state index contributed by atoms with van der Waals surface area (Å²) in [5.74, 6) is 1.84. The molecule has 2 heterocycles. The van der Waals surface area contributed by atoms with Crippen molar-refractivity contribution >= 4 is 21.9 Å². The molecule has 0 saturated carbocycles. The fourth-order valence-corrected chi connectivity index (χ4v) is 7.53. The Bertz CT molecular complexity index is 2880. The molecule has 10 aromatic rings. The molecule has 0 saturated heterocycles. The summed E-state index contributed by atoms with van der Waals surface area (Å²) < 4.78 is 6.52. The van der Waals surface area contributed by atoms with Crippen LogP contribution in [0.4, 0.5) is 0 Å². The first-order valence-electron chi connectivity index (χ1n) is 18.4. The van der Waals surface area contributed by atoms with Gasteiger partial charge in [0, 0.05) is 27.5 Å². The van der Waals surface area contributed by atoms with Gasteiger partial charge in [-0.3, -0.25) is 0 Å². The molecular weight excluding hydrogens is 671 g/mol. The first-order valence-corrected chi connectivity index (χ1v) is 18.4. The fourth-order valence-electron chi connectivity index (χ4n) is 7.53. The molecule has 0 aliphatic carbocycles. The first kappa shape index (κ1) is 32.2. The monoisotopic (exact) mass is 703 g/mol. The van der Waals surface area contributed by atoms with Gasteiger partial charge in [0.2, 0.25) is 0 Å². The molecule has 55 heavy (non-hydrogen) atoms. The zero-order chi connectivity index (χ0) is 36.6. The van der Waals surface area contributed by atoms with Crippen molar-refractivity contribution in [1.82, 2.24) is 15.0 Å². The van der Waals surface area contributed by atoms with Crippen molar-refractivity contribution in [2.45, 2.75) is 0 Å². The summed E-state index contributed by atoms with van der Waals surface area (Å²) >= 11 is 0. The molecule has 0 aliphatic heterocycles. The topological polar surface area (TPSA) is 51.8 Å². The minimum Gasteiger partial charge on any atom is -0.456 e. The second kappa shape index (κ2) is 13.8. The number of hydrogen-bond acceptors (Lipinski definition) is 4. The quantitative estimate of drug-likeness (QED) is 0.166. The highest BCUT2D eigenvalue weighted by Gasteiger charge is 2.20. The van der Waals surface area contributed by atoms with E-state index in [-0.39, 0.29) is 0 Å². The molecule has 2 aromatic heterocycles. The highest BCUT2D eigenvalue weighted by Crippen LogP contribution is 2.43. The number of rotatable bonds is 7. The van der Waals surface area contributed by atoms with Crippen LogP contribution in [0.5, 0.6) is 0 Å². The normalized spacial score (nSPS) is 11.3. The molecule has 0 fully saturated rings. The maximum absolute atomic E-state index is 6.52. The predicted octanol–water partition coefficient (Wildman–Crippen LogP) is 13.4. The number of fused-ring (bicyclic) bond motifs is 3. The van der Waals surface area contributed by atoms with Crippen LogP contribution in [0.2, 0.25) is 0 Å². The van der Waals surface area contributed by atoms with E-state index in [0.717, 1.165) is 60.9 Å². The molecule has 0 bridgehead atoms. The molecule has 258 valence electrons.